The molecule has 2 heterocycles. The maximum absolute atomic E-state index is 12.9. The molecule has 1 aromatic heterocycles. The van der Waals surface area contributed by atoms with Crippen LogP contribution in [0.5, 0.6) is 5.75 Å². The van der Waals surface area contributed by atoms with E-state index >= 15 is 0 Å². The molecular weight excluding hydrogens is 354 g/mol. The van der Waals surface area contributed by atoms with Crippen LogP contribution in [0.1, 0.15) is 33.8 Å². The summed E-state index contributed by atoms with van der Waals surface area (Å²) >= 11 is 0. The normalized spacial score (nSPS) is 16.4. The number of rotatable bonds is 6. The van der Waals surface area contributed by atoms with Crippen molar-refractivity contribution in [3.05, 3.63) is 46.8 Å². The standard InChI is InChI=1S/C19H25N3O3.ClH/c1-13-17(14(2)25-21-13)12-24-18-7-5-4-6-16(18)19(23)22-9-8-15(11-22)10-20-3;/h4-7,15,20H,8-12H2,1-3H3;1H. The van der Waals surface area contributed by atoms with Gasteiger partial charge in [0.05, 0.1) is 16.8 Å². The molecule has 1 aliphatic rings. The summed E-state index contributed by atoms with van der Waals surface area (Å²) in [5.74, 6) is 1.90. The molecule has 1 amide bonds. The zero-order chi connectivity index (χ0) is 17.8. The van der Waals surface area contributed by atoms with E-state index in [1.165, 1.54) is 0 Å². The molecule has 1 aromatic carbocycles. The topological polar surface area (TPSA) is 67.6 Å². The summed E-state index contributed by atoms with van der Waals surface area (Å²) in [7, 11) is 1.95. The largest absolute Gasteiger partial charge is 0.488 e. The predicted molar refractivity (Wildman–Crippen MR) is 102 cm³/mol. The number of aromatic nitrogens is 1. The molecule has 0 aliphatic carbocycles. The molecule has 1 aliphatic heterocycles. The molecule has 0 bridgehead atoms. The average Bonchev–Trinajstić information content (AvgIpc) is 3.20. The quantitative estimate of drug-likeness (QED) is 0.835. The van der Waals surface area contributed by atoms with Gasteiger partial charge in [0.1, 0.15) is 18.1 Å². The molecule has 1 N–H and O–H groups in total. The number of amides is 1. The molecule has 0 radical (unpaired) electrons. The van der Waals surface area contributed by atoms with Gasteiger partial charge in [-0.1, -0.05) is 17.3 Å². The Balaban J connectivity index is 0.00000243. The molecule has 3 rings (SSSR count). The third-order valence-electron chi connectivity index (χ3n) is 4.74. The van der Waals surface area contributed by atoms with E-state index in [-0.39, 0.29) is 18.3 Å². The van der Waals surface area contributed by atoms with E-state index in [2.05, 4.69) is 10.5 Å². The van der Waals surface area contributed by atoms with Gasteiger partial charge in [0, 0.05) is 13.1 Å². The number of hydrogen-bond acceptors (Lipinski definition) is 5. The molecule has 2 aromatic rings. The van der Waals surface area contributed by atoms with E-state index in [0.717, 1.165) is 43.1 Å². The van der Waals surface area contributed by atoms with Crippen molar-refractivity contribution in [1.82, 2.24) is 15.4 Å². The van der Waals surface area contributed by atoms with Crippen LogP contribution in [0.15, 0.2) is 28.8 Å². The molecule has 7 heteroatoms. The minimum Gasteiger partial charge on any atom is -0.488 e. The first kappa shape index (κ1) is 20.3. The molecule has 1 atom stereocenters. The Kier molecular flexibility index (Phi) is 7.06. The third-order valence-corrected chi connectivity index (χ3v) is 4.74. The summed E-state index contributed by atoms with van der Waals surface area (Å²) in [5, 5.41) is 7.13. The van der Waals surface area contributed by atoms with Crippen LogP contribution in [-0.2, 0) is 6.61 Å². The molecule has 1 saturated heterocycles. The Bertz CT molecular complexity index is 728. The van der Waals surface area contributed by atoms with Gasteiger partial charge >= 0.3 is 0 Å². The summed E-state index contributed by atoms with van der Waals surface area (Å²) in [4.78, 5) is 14.8. The number of hydrogen-bond donors (Lipinski definition) is 1. The summed E-state index contributed by atoms with van der Waals surface area (Å²) in [6, 6.07) is 7.42. The minimum absolute atomic E-state index is 0. The van der Waals surface area contributed by atoms with Crippen molar-refractivity contribution in [2.45, 2.75) is 26.9 Å². The number of halogens is 1. The van der Waals surface area contributed by atoms with Crippen molar-refractivity contribution < 1.29 is 14.1 Å². The van der Waals surface area contributed by atoms with Crippen LogP contribution in [-0.4, -0.2) is 42.6 Å². The van der Waals surface area contributed by atoms with Gasteiger partial charge in [0.15, 0.2) is 0 Å². The van der Waals surface area contributed by atoms with Crippen molar-refractivity contribution in [2.75, 3.05) is 26.7 Å². The fourth-order valence-corrected chi connectivity index (χ4v) is 3.27. The summed E-state index contributed by atoms with van der Waals surface area (Å²) in [5.41, 5.74) is 2.35. The number of aryl methyl sites for hydroxylation is 2. The average molecular weight is 380 g/mol. The molecule has 6 nitrogen and oxygen atoms in total. The highest BCUT2D eigenvalue weighted by atomic mass is 35.5. The van der Waals surface area contributed by atoms with Gasteiger partial charge in [-0.05, 0) is 51.9 Å². The zero-order valence-electron chi connectivity index (χ0n) is 15.4. The van der Waals surface area contributed by atoms with E-state index in [1.807, 2.05) is 50.1 Å². The first-order valence-electron chi connectivity index (χ1n) is 8.67. The maximum Gasteiger partial charge on any atom is 0.257 e. The van der Waals surface area contributed by atoms with Crippen LogP contribution >= 0.6 is 12.4 Å². The summed E-state index contributed by atoms with van der Waals surface area (Å²) in [6.45, 7) is 6.61. The minimum atomic E-state index is 0. The van der Waals surface area contributed by atoms with Gasteiger partial charge in [0.25, 0.3) is 5.91 Å². The SMILES string of the molecule is CNCC1CCN(C(=O)c2ccccc2OCc2c(C)noc2C)C1.Cl. The van der Waals surface area contributed by atoms with E-state index in [9.17, 15) is 4.79 Å². The first-order valence-corrected chi connectivity index (χ1v) is 8.67. The molecular formula is C19H26ClN3O3. The summed E-state index contributed by atoms with van der Waals surface area (Å²) in [6.07, 6.45) is 1.04. The Hall–Kier alpha value is -2.05. The number of carbonyl (C=O) groups is 1. The highest BCUT2D eigenvalue weighted by Gasteiger charge is 2.28. The molecule has 1 unspecified atom stereocenters. The lowest BCUT2D eigenvalue weighted by atomic mass is 10.1. The van der Waals surface area contributed by atoms with Gasteiger partial charge in [-0.2, -0.15) is 0 Å². The highest BCUT2D eigenvalue weighted by molar-refractivity contribution is 5.97. The second-order valence-electron chi connectivity index (χ2n) is 6.55. The maximum atomic E-state index is 12.9. The number of nitrogens with zero attached hydrogens (tertiary/aromatic N) is 2. The highest BCUT2D eigenvalue weighted by Crippen LogP contribution is 2.25. The van der Waals surface area contributed by atoms with Gasteiger partial charge < -0.3 is 19.5 Å². The predicted octanol–water partition coefficient (Wildman–Crippen LogP) is 2.97. The smallest absolute Gasteiger partial charge is 0.257 e. The zero-order valence-corrected chi connectivity index (χ0v) is 16.3. The van der Waals surface area contributed by atoms with E-state index in [0.29, 0.717) is 23.8 Å². The summed E-state index contributed by atoms with van der Waals surface area (Å²) < 4.78 is 11.1. The monoisotopic (exact) mass is 379 g/mol. The number of nitrogens with one attached hydrogen (secondary N) is 1. The Labute approximate surface area is 160 Å². The molecule has 26 heavy (non-hydrogen) atoms. The Morgan fingerprint density at radius 2 is 2.15 bits per heavy atom. The van der Waals surface area contributed by atoms with Gasteiger partial charge in [-0.3, -0.25) is 4.79 Å². The number of likely N-dealkylation sites (tertiary alicyclic amines) is 1. The first-order chi connectivity index (χ1) is 12.1. The second-order valence-corrected chi connectivity index (χ2v) is 6.55. The van der Waals surface area contributed by atoms with Crippen LogP contribution in [0.4, 0.5) is 0 Å². The number of benzene rings is 1. The van der Waals surface area contributed by atoms with Crippen molar-refractivity contribution in [1.29, 1.82) is 0 Å². The van der Waals surface area contributed by atoms with Gasteiger partial charge in [-0.15, -0.1) is 12.4 Å². The van der Waals surface area contributed by atoms with E-state index in [4.69, 9.17) is 9.26 Å². The van der Waals surface area contributed by atoms with Crippen molar-refractivity contribution >= 4 is 18.3 Å². The Morgan fingerprint density at radius 1 is 1.38 bits per heavy atom. The lowest BCUT2D eigenvalue weighted by molar-refractivity contribution is 0.0782. The second kappa shape index (κ2) is 9.05. The number of ether oxygens (including phenoxy) is 1. The van der Waals surface area contributed by atoms with Gasteiger partial charge in [0.2, 0.25) is 0 Å². The molecule has 1 fully saturated rings. The van der Waals surface area contributed by atoms with Gasteiger partial charge in [-0.25, -0.2) is 0 Å². The van der Waals surface area contributed by atoms with Crippen molar-refractivity contribution in [3.8, 4) is 5.75 Å². The molecule has 0 saturated carbocycles. The van der Waals surface area contributed by atoms with Crippen molar-refractivity contribution in [2.24, 2.45) is 5.92 Å². The van der Waals surface area contributed by atoms with Crippen LogP contribution in [0.3, 0.4) is 0 Å². The third kappa shape index (κ3) is 4.37. The van der Waals surface area contributed by atoms with E-state index in [1.54, 1.807) is 0 Å². The Morgan fingerprint density at radius 3 is 2.85 bits per heavy atom. The molecule has 0 spiro atoms. The van der Waals surface area contributed by atoms with E-state index < -0.39 is 0 Å². The van der Waals surface area contributed by atoms with Crippen LogP contribution in [0.25, 0.3) is 0 Å². The lowest BCUT2D eigenvalue weighted by Crippen LogP contribution is -2.30. The van der Waals surface area contributed by atoms with Crippen LogP contribution in [0.2, 0.25) is 0 Å². The fourth-order valence-electron chi connectivity index (χ4n) is 3.27. The lowest BCUT2D eigenvalue weighted by Gasteiger charge is -2.19. The van der Waals surface area contributed by atoms with Crippen LogP contribution in [0, 0.1) is 19.8 Å². The van der Waals surface area contributed by atoms with Crippen molar-refractivity contribution in [3.63, 3.8) is 0 Å². The number of carbonyl (C=O) groups excluding carboxylic acids is 1. The number of para-hydroxylation sites is 1. The fraction of sp³-hybridized carbons (Fsp3) is 0.474. The molecule has 142 valence electrons. The van der Waals surface area contributed by atoms with Crippen LogP contribution < -0.4 is 10.1 Å².